The van der Waals surface area contributed by atoms with E-state index in [1.807, 2.05) is 27.7 Å². The Bertz CT molecular complexity index is 1710. The number of alkyl halides is 2. The predicted octanol–water partition coefficient (Wildman–Crippen LogP) is 8.42. The molecular formula is C31H22BF9O3. The van der Waals surface area contributed by atoms with E-state index in [1.165, 1.54) is 18.2 Å². The second-order valence-electron chi connectivity index (χ2n) is 11.2. The first-order valence-electron chi connectivity index (χ1n) is 13.1. The fourth-order valence-electron chi connectivity index (χ4n) is 4.60. The van der Waals surface area contributed by atoms with Gasteiger partial charge in [0.1, 0.15) is 34.6 Å². The minimum Gasteiger partial charge on any atom is -0.429 e. The molecule has 3 nitrogen and oxygen atoms in total. The van der Waals surface area contributed by atoms with Crippen LogP contribution in [0.3, 0.4) is 0 Å². The molecule has 44 heavy (non-hydrogen) atoms. The maximum Gasteiger partial charge on any atom is 0.494 e. The van der Waals surface area contributed by atoms with Crippen molar-refractivity contribution in [2.75, 3.05) is 0 Å². The number of ether oxygens (including phenoxy) is 1. The molecule has 0 unspecified atom stereocenters. The molecule has 1 fully saturated rings. The van der Waals surface area contributed by atoms with Crippen LogP contribution in [-0.4, -0.2) is 18.3 Å². The summed E-state index contributed by atoms with van der Waals surface area (Å²) < 4.78 is 145. The van der Waals surface area contributed by atoms with Gasteiger partial charge in [-0.05, 0) is 68.6 Å². The summed E-state index contributed by atoms with van der Waals surface area (Å²) in [5.74, 6) is -12.5. The molecule has 4 aromatic rings. The number of hydrogen-bond acceptors (Lipinski definition) is 3. The Balaban J connectivity index is 1.41. The first-order valence-corrected chi connectivity index (χ1v) is 13.1. The monoisotopic (exact) mass is 624 g/mol. The molecule has 0 radical (unpaired) electrons. The molecule has 13 heteroatoms. The summed E-state index contributed by atoms with van der Waals surface area (Å²) in [6, 6.07) is 8.32. The van der Waals surface area contributed by atoms with Gasteiger partial charge in [-0.1, -0.05) is 24.3 Å². The van der Waals surface area contributed by atoms with Gasteiger partial charge in [0.15, 0.2) is 17.5 Å². The summed E-state index contributed by atoms with van der Waals surface area (Å²) in [6.07, 6.45) is -4.81. The van der Waals surface area contributed by atoms with E-state index in [4.69, 9.17) is 9.31 Å². The van der Waals surface area contributed by atoms with Gasteiger partial charge in [0.05, 0.1) is 11.2 Å². The molecule has 0 aromatic heterocycles. The molecule has 0 aliphatic carbocycles. The van der Waals surface area contributed by atoms with E-state index in [0.29, 0.717) is 17.6 Å². The highest BCUT2D eigenvalue weighted by molar-refractivity contribution is 6.62. The summed E-state index contributed by atoms with van der Waals surface area (Å²) in [6.45, 7) is 7.35. The van der Waals surface area contributed by atoms with Gasteiger partial charge < -0.3 is 14.0 Å². The highest BCUT2D eigenvalue weighted by Gasteiger charge is 2.51. The second-order valence-corrected chi connectivity index (χ2v) is 11.2. The van der Waals surface area contributed by atoms with Crippen LogP contribution in [0.25, 0.3) is 22.3 Å². The maximum absolute atomic E-state index is 15.2. The molecular weight excluding hydrogens is 602 g/mol. The molecule has 230 valence electrons. The van der Waals surface area contributed by atoms with Crippen LogP contribution < -0.4 is 10.2 Å². The lowest BCUT2D eigenvalue weighted by atomic mass is 9.78. The molecule has 0 bridgehead atoms. The Morgan fingerprint density at radius 2 is 1.07 bits per heavy atom. The van der Waals surface area contributed by atoms with E-state index in [9.17, 15) is 30.7 Å². The van der Waals surface area contributed by atoms with Crippen LogP contribution in [0.15, 0.2) is 60.7 Å². The standard InChI is InChI=1S/C31H22BF9O3/c1-29(2)30(3,4)44-32(43-29)17-6-8-19(22(34)12-17)15-5-7-20(21(33)9-15)16-10-23(35)27(24(36)11-16)31(40,41)42-18-13-25(37)28(39)26(38)14-18/h5-14H,1-4H3. The van der Waals surface area contributed by atoms with Crippen LogP contribution in [0, 0.1) is 40.7 Å². The minimum atomic E-state index is -4.81. The second kappa shape index (κ2) is 10.9. The molecule has 1 heterocycles. The van der Waals surface area contributed by atoms with Crippen molar-refractivity contribution in [2.45, 2.75) is 45.0 Å². The van der Waals surface area contributed by atoms with Gasteiger partial charge >= 0.3 is 13.2 Å². The molecule has 0 amide bonds. The van der Waals surface area contributed by atoms with Crippen molar-refractivity contribution in [1.82, 2.24) is 0 Å². The van der Waals surface area contributed by atoms with Crippen molar-refractivity contribution in [3.05, 3.63) is 107 Å². The van der Waals surface area contributed by atoms with E-state index in [1.54, 1.807) is 6.07 Å². The number of hydrogen-bond donors (Lipinski definition) is 0. The molecule has 5 rings (SSSR count). The van der Waals surface area contributed by atoms with E-state index >= 15 is 8.78 Å². The summed E-state index contributed by atoms with van der Waals surface area (Å²) in [5, 5.41) is 0. The average molecular weight is 624 g/mol. The van der Waals surface area contributed by atoms with Gasteiger partial charge in [0.25, 0.3) is 0 Å². The summed E-state index contributed by atoms with van der Waals surface area (Å²) in [4.78, 5) is 0. The Labute approximate surface area is 246 Å². The van der Waals surface area contributed by atoms with Crippen LogP contribution in [-0.2, 0) is 15.4 Å². The third-order valence-electron chi connectivity index (χ3n) is 7.65. The van der Waals surface area contributed by atoms with Crippen molar-refractivity contribution >= 4 is 12.6 Å². The van der Waals surface area contributed by atoms with E-state index in [0.717, 1.165) is 12.1 Å². The first-order chi connectivity index (χ1) is 20.4. The van der Waals surface area contributed by atoms with Crippen LogP contribution >= 0.6 is 0 Å². The van der Waals surface area contributed by atoms with Gasteiger partial charge in [-0.25, -0.2) is 30.7 Å². The average Bonchev–Trinajstić information content (AvgIpc) is 3.12. The highest BCUT2D eigenvalue weighted by Crippen LogP contribution is 2.39. The van der Waals surface area contributed by atoms with Crippen molar-refractivity contribution in [1.29, 1.82) is 0 Å². The van der Waals surface area contributed by atoms with E-state index in [-0.39, 0.29) is 23.3 Å². The van der Waals surface area contributed by atoms with Gasteiger partial charge in [-0.3, -0.25) is 0 Å². The summed E-state index contributed by atoms with van der Waals surface area (Å²) in [7, 11) is -0.841. The van der Waals surface area contributed by atoms with Gasteiger partial charge in [-0.2, -0.15) is 8.78 Å². The van der Waals surface area contributed by atoms with E-state index < -0.39 is 87.6 Å². The topological polar surface area (TPSA) is 27.7 Å². The summed E-state index contributed by atoms with van der Waals surface area (Å²) in [5.41, 5.74) is -3.69. The van der Waals surface area contributed by atoms with Crippen LogP contribution in [0.1, 0.15) is 33.3 Å². The smallest absolute Gasteiger partial charge is 0.429 e. The quantitative estimate of drug-likeness (QED) is 0.123. The molecule has 0 spiro atoms. The molecule has 0 saturated carbocycles. The minimum absolute atomic E-state index is 0.00566. The van der Waals surface area contributed by atoms with Gasteiger partial charge in [0, 0.05) is 23.3 Å². The van der Waals surface area contributed by atoms with Gasteiger partial charge in [0.2, 0.25) is 0 Å². The maximum atomic E-state index is 15.2. The Morgan fingerprint density at radius 1 is 0.591 bits per heavy atom. The van der Waals surface area contributed by atoms with Crippen molar-refractivity contribution < 1.29 is 53.6 Å². The molecule has 0 atom stereocenters. The zero-order valence-corrected chi connectivity index (χ0v) is 23.5. The fraction of sp³-hybridized carbons (Fsp3) is 0.226. The van der Waals surface area contributed by atoms with Crippen molar-refractivity contribution in [3.8, 4) is 28.0 Å². The third kappa shape index (κ3) is 5.66. The highest BCUT2D eigenvalue weighted by atomic mass is 19.3. The molecule has 1 aliphatic heterocycles. The van der Waals surface area contributed by atoms with Crippen molar-refractivity contribution in [3.63, 3.8) is 0 Å². The zero-order chi connectivity index (χ0) is 32.4. The van der Waals surface area contributed by atoms with Crippen LogP contribution in [0.5, 0.6) is 5.75 Å². The Hall–Kier alpha value is -3.97. The number of halogens is 9. The molecule has 1 aliphatic rings. The third-order valence-corrected chi connectivity index (χ3v) is 7.65. The molecule has 0 N–H and O–H groups in total. The van der Waals surface area contributed by atoms with Gasteiger partial charge in [-0.15, -0.1) is 0 Å². The lowest BCUT2D eigenvalue weighted by Gasteiger charge is -2.32. The van der Waals surface area contributed by atoms with Crippen molar-refractivity contribution in [2.24, 2.45) is 0 Å². The predicted molar refractivity (Wildman–Crippen MR) is 144 cm³/mol. The zero-order valence-electron chi connectivity index (χ0n) is 23.5. The normalized spacial score (nSPS) is 16.0. The summed E-state index contributed by atoms with van der Waals surface area (Å²) >= 11 is 0. The van der Waals surface area contributed by atoms with Crippen LogP contribution in [0.4, 0.5) is 39.5 Å². The number of rotatable bonds is 6. The Kier molecular flexibility index (Phi) is 7.78. The largest absolute Gasteiger partial charge is 0.494 e. The first kappa shape index (κ1) is 31.5. The lowest BCUT2D eigenvalue weighted by molar-refractivity contribution is -0.189. The van der Waals surface area contributed by atoms with E-state index in [2.05, 4.69) is 4.74 Å². The van der Waals surface area contributed by atoms with Crippen LogP contribution in [0.2, 0.25) is 0 Å². The molecule has 1 saturated heterocycles. The Morgan fingerprint density at radius 3 is 1.59 bits per heavy atom. The fourth-order valence-corrected chi connectivity index (χ4v) is 4.60. The number of benzene rings is 4. The molecule has 4 aromatic carbocycles. The SMILES string of the molecule is CC1(C)OB(c2ccc(-c3ccc(-c4cc(F)c(C(F)(F)Oc5cc(F)c(F)c(F)c5)c(F)c4)c(F)c3)c(F)c2)OC1(C)C. The lowest BCUT2D eigenvalue weighted by Crippen LogP contribution is -2.41.